The highest BCUT2D eigenvalue weighted by Gasteiger charge is 2.21. The van der Waals surface area contributed by atoms with Gasteiger partial charge in [-0.2, -0.15) is 0 Å². The molecule has 1 amide bonds. The van der Waals surface area contributed by atoms with E-state index in [2.05, 4.69) is 10.6 Å². The molecule has 0 radical (unpaired) electrons. The zero-order valence-electron chi connectivity index (χ0n) is 10.8. The second kappa shape index (κ2) is 7.00. The van der Waals surface area contributed by atoms with E-state index in [9.17, 15) is 4.79 Å². The molecule has 1 aliphatic heterocycles. The van der Waals surface area contributed by atoms with E-state index in [1.165, 1.54) is 38.5 Å². The summed E-state index contributed by atoms with van der Waals surface area (Å²) in [6.07, 6.45) is 10.6. The summed E-state index contributed by atoms with van der Waals surface area (Å²) in [7, 11) is 0. The van der Waals surface area contributed by atoms with Crippen molar-refractivity contribution in [3.05, 3.63) is 0 Å². The first-order chi connectivity index (χ1) is 8.36. The fourth-order valence-corrected chi connectivity index (χ4v) is 3.10. The van der Waals surface area contributed by atoms with Gasteiger partial charge in [0.25, 0.3) is 0 Å². The van der Waals surface area contributed by atoms with Crippen molar-refractivity contribution in [2.75, 3.05) is 19.6 Å². The van der Waals surface area contributed by atoms with Crippen molar-refractivity contribution in [3.8, 4) is 0 Å². The molecule has 2 rings (SSSR count). The molecule has 2 aliphatic rings. The minimum atomic E-state index is 0.227. The average Bonchev–Trinajstić information content (AvgIpc) is 2.89. The quantitative estimate of drug-likeness (QED) is 0.720. The van der Waals surface area contributed by atoms with Gasteiger partial charge in [-0.05, 0) is 31.7 Å². The molecule has 3 nitrogen and oxygen atoms in total. The standard InChI is InChI=1S/C14H26N2O/c17-14(13-8-10-15-11-13)16-9-4-7-12-5-2-1-3-6-12/h12-13,15H,1-11H2,(H,16,17). The molecule has 1 atom stereocenters. The lowest BCUT2D eigenvalue weighted by molar-refractivity contribution is -0.124. The lowest BCUT2D eigenvalue weighted by Crippen LogP contribution is -2.32. The van der Waals surface area contributed by atoms with Crippen LogP contribution in [0.1, 0.15) is 51.4 Å². The van der Waals surface area contributed by atoms with Gasteiger partial charge in [0, 0.05) is 13.1 Å². The first-order valence-electron chi connectivity index (χ1n) is 7.34. The largest absolute Gasteiger partial charge is 0.356 e. The Morgan fingerprint density at radius 1 is 1.18 bits per heavy atom. The Balaban J connectivity index is 1.51. The minimum Gasteiger partial charge on any atom is -0.356 e. The first kappa shape index (κ1) is 12.9. The van der Waals surface area contributed by atoms with Gasteiger partial charge in [0.15, 0.2) is 0 Å². The van der Waals surface area contributed by atoms with Crippen LogP contribution in [0.25, 0.3) is 0 Å². The molecule has 17 heavy (non-hydrogen) atoms. The predicted octanol–water partition coefficient (Wildman–Crippen LogP) is 2.07. The molecule has 1 saturated heterocycles. The normalized spacial score (nSPS) is 26.0. The van der Waals surface area contributed by atoms with Crippen molar-refractivity contribution < 1.29 is 4.79 Å². The molecule has 1 heterocycles. The number of carbonyl (C=O) groups is 1. The number of amides is 1. The predicted molar refractivity (Wildman–Crippen MR) is 69.8 cm³/mol. The van der Waals surface area contributed by atoms with Gasteiger partial charge < -0.3 is 10.6 Å². The van der Waals surface area contributed by atoms with E-state index in [0.717, 1.165) is 38.4 Å². The van der Waals surface area contributed by atoms with E-state index >= 15 is 0 Å². The van der Waals surface area contributed by atoms with Crippen LogP contribution in [0.5, 0.6) is 0 Å². The zero-order valence-corrected chi connectivity index (χ0v) is 10.8. The summed E-state index contributed by atoms with van der Waals surface area (Å²) < 4.78 is 0. The van der Waals surface area contributed by atoms with E-state index < -0.39 is 0 Å². The highest BCUT2D eigenvalue weighted by molar-refractivity contribution is 5.79. The monoisotopic (exact) mass is 238 g/mol. The van der Waals surface area contributed by atoms with Gasteiger partial charge in [-0.1, -0.05) is 32.1 Å². The van der Waals surface area contributed by atoms with Crippen molar-refractivity contribution in [1.82, 2.24) is 10.6 Å². The molecule has 1 saturated carbocycles. The molecular formula is C14H26N2O. The van der Waals surface area contributed by atoms with Gasteiger partial charge in [0.05, 0.1) is 5.92 Å². The molecule has 0 aromatic rings. The maximum atomic E-state index is 11.7. The maximum absolute atomic E-state index is 11.7. The Hall–Kier alpha value is -0.570. The molecule has 98 valence electrons. The van der Waals surface area contributed by atoms with Gasteiger partial charge in [-0.15, -0.1) is 0 Å². The molecule has 1 aliphatic carbocycles. The van der Waals surface area contributed by atoms with Gasteiger partial charge in [0.1, 0.15) is 0 Å². The zero-order chi connectivity index (χ0) is 11.9. The van der Waals surface area contributed by atoms with E-state index in [1.54, 1.807) is 0 Å². The molecule has 2 N–H and O–H groups in total. The summed E-state index contributed by atoms with van der Waals surface area (Å²) in [4.78, 5) is 11.7. The lowest BCUT2D eigenvalue weighted by Gasteiger charge is -2.21. The molecule has 3 heteroatoms. The fourth-order valence-electron chi connectivity index (χ4n) is 3.10. The van der Waals surface area contributed by atoms with E-state index in [4.69, 9.17) is 0 Å². The Labute approximate surface area is 105 Å². The second-order valence-electron chi connectivity index (χ2n) is 5.63. The molecule has 0 aromatic carbocycles. The van der Waals surface area contributed by atoms with Crippen molar-refractivity contribution in [1.29, 1.82) is 0 Å². The van der Waals surface area contributed by atoms with Gasteiger partial charge >= 0.3 is 0 Å². The van der Waals surface area contributed by atoms with Gasteiger partial charge in [0.2, 0.25) is 5.91 Å². The molecule has 1 unspecified atom stereocenters. The molecule has 2 fully saturated rings. The van der Waals surface area contributed by atoms with Gasteiger partial charge in [-0.3, -0.25) is 4.79 Å². The van der Waals surface area contributed by atoms with Crippen LogP contribution in [0.15, 0.2) is 0 Å². The summed E-state index contributed by atoms with van der Waals surface area (Å²) in [5.41, 5.74) is 0. The average molecular weight is 238 g/mol. The number of nitrogens with one attached hydrogen (secondary N) is 2. The highest BCUT2D eigenvalue weighted by atomic mass is 16.1. The van der Waals surface area contributed by atoms with Crippen LogP contribution < -0.4 is 10.6 Å². The summed E-state index contributed by atoms with van der Waals surface area (Å²) in [6, 6.07) is 0. The first-order valence-corrected chi connectivity index (χ1v) is 7.34. The summed E-state index contributed by atoms with van der Waals surface area (Å²) in [5.74, 6) is 1.43. The molecular weight excluding hydrogens is 212 g/mol. The number of hydrogen-bond donors (Lipinski definition) is 2. The Morgan fingerprint density at radius 3 is 2.71 bits per heavy atom. The highest BCUT2D eigenvalue weighted by Crippen LogP contribution is 2.26. The van der Waals surface area contributed by atoms with E-state index in [1.807, 2.05) is 0 Å². The fraction of sp³-hybridized carbons (Fsp3) is 0.929. The van der Waals surface area contributed by atoms with Crippen LogP contribution in [0, 0.1) is 11.8 Å². The van der Waals surface area contributed by atoms with Crippen molar-refractivity contribution in [3.63, 3.8) is 0 Å². The Morgan fingerprint density at radius 2 is 2.00 bits per heavy atom. The van der Waals surface area contributed by atoms with E-state index in [-0.39, 0.29) is 11.8 Å². The van der Waals surface area contributed by atoms with Crippen LogP contribution >= 0.6 is 0 Å². The van der Waals surface area contributed by atoms with Crippen molar-refractivity contribution >= 4 is 5.91 Å². The third-order valence-electron chi connectivity index (χ3n) is 4.24. The van der Waals surface area contributed by atoms with Gasteiger partial charge in [-0.25, -0.2) is 0 Å². The van der Waals surface area contributed by atoms with Crippen LogP contribution in [0.4, 0.5) is 0 Å². The molecule has 0 bridgehead atoms. The summed E-state index contributed by atoms with van der Waals surface area (Å²) >= 11 is 0. The topological polar surface area (TPSA) is 41.1 Å². The summed E-state index contributed by atoms with van der Waals surface area (Å²) in [5, 5.41) is 6.32. The number of hydrogen-bond acceptors (Lipinski definition) is 2. The van der Waals surface area contributed by atoms with Crippen molar-refractivity contribution in [2.45, 2.75) is 51.4 Å². The maximum Gasteiger partial charge on any atom is 0.224 e. The summed E-state index contributed by atoms with van der Waals surface area (Å²) in [6.45, 7) is 2.75. The van der Waals surface area contributed by atoms with Crippen LogP contribution in [0.2, 0.25) is 0 Å². The van der Waals surface area contributed by atoms with Crippen LogP contribution in [0.3, 0.4) is 0 Å². The SMILES string of the molecule is O=C(NCCCC1CCCCC1)C1CCNC1. The molecule has 0 spiro atoms. The van der Waals surface area contributed by atoms with Crippen LogP contribution in [-0.4, -0.2) is 25.5 Å². The van der Waals surface area contributed by atoms with Crippen LogP contribution in [-0.2, 0) is 4.79 Å². The third kappa shape index (κ3) is 4.30. The Kier molecular flexibility index (Phi) is 5.30. The third-order valence-corrected chi connectivity index (χ3v) is 4.24. The van der Waals surface area contributed by atoms with Crippen molar-refractivity contribution in [2.24, 2.45) is 11.8 Å². The van der Waals surface area contributed by atoms with E-state index in [0.29, 0.717) is 0 Å². The molecule has 0 aromatic heterocycles. The smallest absolute Gasteiger partial charge is 0.224 e. The number of rotatable bonds is 5. The number of carbonyl (C=O) groups excluding carboxylic acids is 1. The lowest BCUT2D eigenvalue weighted by atomic mass is 9.86. The Bertz CT molecular complexity index is 230. The minimum absolute atomic E-state index is 0.227. The second-order valence-corrected chi connectivity index (χ2v) is 5.63.